The average molecular weight is 487 g/mol. The van der Waals surface area contributed by atoms with E-state index in [1.807, 2.05) is 18.9 Å². The largest absolute Gasteiger partial charge is 0.487 e. The lowest BCUT2D eigenvalue weighted by atomic mass is 10.0. The second kappa shape index (κ2) is 8.81. The summed E-state index contributed by atoms with van der Waals surface area (Å²) in [6.45, 7) is 4.79. The lowest BCUT2D eigenvalue weighted by Gasteiger charge is -2.37. The van der Waals surface area contributed by atoms with Crippen molar-refractivity contribution in [3.8, 4) is 5.75 Å². The highest BCUT2D eigenvalue weighted by Gasteiger charge is 2.31. The number of aromatic nitrogens is 1. The average Bonchev–Trinajstić information content (AvgIpc) is 2.83. The minimum absolute atomic E-state index is 0.00773. The number of nitrogens with one attached hydrogen (secondary N) is 2. The van der Waals surface area contributed by atoms with Gasteiger partial charge >= 0.3 is 0 Å². The molecule has 2 aromatic carbocycles. The minimum Gasteiger partial charge on any atom is -0.487 e. The fourth-order valence-corrected chi connectivity index (χ4v) is 4.50. The molecule has 5 rings (SSSR count). The number of carbonyl (C=O) groups excluding carboxylic acids is 1. The Bertz CT molecular complexity index is 1370. The van der Waals surface area contributed by atoms with Gasteiger partial charge in [-0.05, 0) is 32.2 Å². The number of pyridine rings is 1. The lowest BCUT2D eigenvalue weighted by Crippen LogP contribution is -2.45. The van der Waals surface area contributed by atoms with Gasteiger partial charge in [-0.15, -0.1) is 0 Å². The van der Waals surface area contributed by atoms with Crippen LogP contribution in [0.15, 0.2) is 35.3 Å². The number of hydrogen-bond acceptors (Lipinski definition) is 6. The molecular formula is C24H24F3N5O3. The van der Waals surface area contributed by atoms with Crippen molar-refractivity contribution in [2.24, 2.45) is 0 Å². The van der Waals surface area contributed by atoms with Gasteiger partial charge in [-0.25, -0.2) is 13.2 Å². The Morgan fingerprint density at radius 1 is 1.09 bits per heavy atom. The number of halogens is 3. The topological polar surface area (TPSA) is 78.8 Å². The molecule has 2 N–H and O–H groups in total. The molecule has 2 aliphatic heterocycles. The predicted molar refractivity (Wildman–Crippen MR) is 126 cm³/mol. The number of carbonyl (C=O) groups is 1. The molecule has 1 aromatic heterocycles. The Morgan fingerprint density at radius 3 is 2.46 bits per heavy atom. The number of rotatable bonds is 4. The first-order valence-electron chi connectivity index (χ1n) is 11.2. The van der Waals surface area contributed by atoms with Crippen LogP contribution in [0.5, 0.6) is 5.75 Å². The van der Waals surface area contributed by atoms with Crippen molar-refractivity contribution < 1.29 is 22.7 Å². The monoisotopic (exact) mass is 487 g/mol. The standard InChI is InChI=1S/C24H24F3N5O3/c1-13-12-35-23-20-14(10-18(27)21(23)31-8-6-30(2)7-9-31)22(33)15(11-32(13)20)24(34)29-28-19-16(25)4-3-5-17(19)26/h3-5,10-11,13,28H,6-9,12H2,1-2H3,(H,29,34). The van der Waals surface area contributed by atoms with Crippen molar-refractivity contribution >= 4 is 28.2 Å². The smallest absolute Gasteiger partial charge is 0.275 e. The number of amides is 1. The summed E-state index contributed by atoms with van der Waals surface area (Å²) in [5.41, 5.74) is 3.49. The number of likely N-dealkylation sites (N-methyl/N-ethyl adjacent to an activating group) is 1. The Morgan fingerprint density at radius 2 is 1.77 bits per heavy atom. The van der Waals surface area contributed by atoms with Crippen LogP contribution in [-0.4, -0.2) is 55.2 Å². The van der Waals surface area contributed by atoms with Crippen LogP contribution >= 0.6 is 0 Å². The molecule has 2 aliphatic rings. The van der Waals surface area contributed by atoms with Crippen molar-refractivity contribution in [1.82, 2.24) is 14.9 Å². The van der Waals surface area contributed by atoms with E-state index in [-0.39, 0.29) is 29.3 Å². The van der Waals surface area contributed by atoms with Gasteiger partial charge in [0.05, 0.1) is 16.9 Å². The van der Waals surface area contributed by atoms with Crippen molar-refractivity contribution in [2.75, 3.05) is 50.2 Å². The number of benzene rings is 2. The van der Waals surface area contributed by atoms with Crippen LogP contribution in [0.2, 0.25) is 0 Å². The van der Waals surface area contributed by atoms with Crippen LogP contribution in [0, 0.1) is 17.5 Å². The normalized spacial score (nSPS) is 17.9. The highest BCUT2D eigenvalue weighted by atomic mass is 19.1. The first-order chi connectivity index (χ1) is 16.8. The molecule has 1 saturated heterocycles. The van der Waals surface area contributed by atoms with Crippen molar-refractivity contribution in [3.63, 3.8) is 0 Å². The highest BCUT2D eigenvalue weighted by molar-refractivity contribution is 6.00. The van der Waals surface area contributed by atoms with Crippen molar-refractivity contribution in [1.29, 1.82) is 0 Å². The summed E-state index contributed by atoms with van der Waals surface area (Å²) in [4.78, 5) is 30.1. The second-order valence-corrected chi connectivity index (χ2v) is 8.84. The molecule has 0 bridgehead atoms. The molecule has 1 fully saturated rings. The molecule has 11 heteroatoms. The van der Waals surface area contributed by atoms with E-state index in [4.69, 9.17) is 4.74 Å². The highest BCUT2D eigenvalue weighted by Crippen LogP contribution is 2.42. The number of nitrogens with zero attached hydrogens (tertiary/aromatic N) is 3. The summed E-state index contributed by atoms with van der Waals surface area (Å²) in [7, 11) is 2.00. The van der Waals surface area contributed by atoms with Crippen molar-refractivity contribution in [2.45, 2.75) is 13.0 Å². The zero-order chi connectivity index (χ0) is 24.9. The van der Waals surface area contributed by atoms with Gasteiger partial charge in [-0.3, -0.25) is 20.4 Å². The number of hydrazine groups is 1. The van der Waals surface area contributed by atoms with Gasteiger partial charge in [-0.1, -0.05) is 6.07 Å². The number of para-hydroxylation sites is 1. The maximum atomic E-state index is 15.4. The summed E-state index contributed by atoms with van der Waals surface area (Å²) in [6.07, 6.45) is 1.38. The molecule has 3 heterocycles. The molecule has 35 heavy (non-hydrogen) atoms. The molecule has 1 amide bonds. The van der Waals surface area contributed by atoms with E-state index in [0.29, 0.717) is 24.3 Å². The van der Waals surface area contributed by atoms with E-state index in [1.54, 1.807) is 4.57 Å². The zero-order valence-corrected chi connectivity index (χ0v) is 19.2. The van der Waals surface area contributed by atoms with Crippen LogP contribution in [0.25, 0.3) is 10.9 Å². The van der Waals surface area contributed by atoms with Crippen LogP contribution in [0.1, 0.15) is 23.3 Å². The van der Waals surface area contributed by atoms with Gasteiger partial charge in [0.2, 0.25) is 5.43 Å². The molecule has 1 atom stereocenters. The molecule has 8 nitrogen and oxygen atoms in total. The Labute approximate surface area is 198 Å². The summed E-state index contributed by atoms with van der Waals surface area (Å²) in [6, 6.07) is 4.12. The molecule has 0 spiro atoms. The van der Waals surface area contributed by atoms with Gasteiger partial charge in [-0.2, -0.15) is 0 Å². The predicted octanol–water partition coefficient (Wildman–Crippen LogP) is 2.88. The van der Waals surface area contributed by atoms with Crippen LogP contribution < -0.4 is 25.9 Å². The molecule has 0 radical (unpaired) electrons. The van der Waals surface area contributed by atoms with Crippen LogP contribution in [0.3, 0.4) is 0 Å². The molecule has 1 unspecified atom stereocenters. The SMILES string of the molecule is CC1COc2c(N3CCN(C)CC3)c(F)cc3c(=O)c(C(=O)NNc4c(F)cccc4F)cn1c23. The number of ether oxygens (including phenoxy) is 1. The van der Waals surface area contributed by atoms with E-state index in [9.17, 15) is 18.4 Å². The summed E-state index contributed by atoms with van der Waals surface area (Å²) >= 11 is 0. The third kappa shape index (κ3) is 3.95. The minimum atomic E-state index is -0.912. The number of anilines is 2. The van der Waals surface area contributed by atoms with E-state index >= 15 is 4.39 Å². The molecular weight excluding hydrogens is 463 g/mol. The zero-order valence-electron chi connectivity index (χ0n) is 19.2. The van der Waals surface area contributed by atoms with E-state index < -0.39 is 34.5 Å². The third-order valence-electron chi connectivity index (χ3n) is 6.47. The second-order valence-electron chi connectivity index (χ2n) is 8.84. The maximum absolute atomic E-state index is 15.4. The fraction of sp³-hybridized carbons (Fsp3) is 0.333. The molecule has 3 aromatic rings. The van der Waals surface area contributed by atoms with Gasteiger partial charge in [0.15, 0.2) is 23.2 Å². The summed E-state index contributed by atoms with van der Waals surface area (Å²) < 4.78 is 50.8. The third-order valence-corrected chi connectivity index (χ3v) is 6.47. The lowest BCUT2D eigenvalue weighted by molar-refractivity contribution is 0.0960. The first kappa shape index (κ1) is 23.0. The maximum Gasteiger partial charge on any atom is 0.275 e. The fourth-order valence-electron chi connectivity index (χ4n) is 4.50. The van der Waals surface area contributed by atoms with E-state index in [2.05, 4.69) is 15.8 Å². The van der Waals surface area contributed by atoms with Gasteiger partial charge in [0.1, 0.15) is 23.5 Å². The van der Waals surface area contributed by atoms with E-state index in [0.717, 1.165) is 31.3 Å². The summed E-state index contributed by atoms with van der Waals surface area (Å²) in [5.74, 6) is -3.07. The molecule has 184 valence electrons. The Balaban J connectivity index is 1.57. The number of hydrogen-bond donors (Lipinski definition) is 2. The van der Waals surface area contributed by atoms with Gasteiger partial charge < -0.3 is 19.1 Å². The molecule has 0 saturated carbocycles. The van der Waals surface area contributed by atoms with Crippen LogP contribution in [-0.2, 0) is 0 Å². The first-order valence-corrected chi connectivity index (χ1v) is 11.2. The van der Waals surface area contributed by atoms with Crippen molar-refractivity contribution in [3.05, 3.63) is 63.7 Å². The van der Waals surface area contributed by atoms with Gasteiger partial charge in [0, 0.05) is 32.4 Å². The van der Waals surface area contributed by atoms with Crippen LogP contribution in [0.4, 0.5) is 24.5 Å². The summed E-state index contributed by atoms with van der Waals surface area (Å²) in [5, 5.41) is -0.00773. The molecule has 0 aliphatic carbocycles. The van der Waals surface area contributed by atoms with E-state index in [1.165, 1.54) is 12.3 Å². The Hall–Kier alpha value is -3.73. The Kier molecular flexibility index (Phi) is 5.79. The van der Waals surface area contributed by atoms with Gasteiger partial charge in [0.25, 0.3) is 5.91 Å². The quantitative estimate of drug-likeness (QED) is 0.551. The number of piperazine rings is 1.